The smallest absolute Gasteiger partial charge is 0.335 e. The molecule has 0 aromatic rings. The zero-order valence-electron chi connectivity index (χ0n) is 19.3. The van der Waals surface area contributed by atoms with Crippen LogP contribution in [0.4, 0.5) is 0 Å². The zero-order valence-corrected chi connectivity index (χ0v) is 19.3. The van der Waals surface area contributed by atoms with Gasteiger partial charge in [-0.15, -0.1) is 0 Å². The molecule has 202 valence electrons. The maximum atomic E-state index is 11.0. The van der Waals surface area contributed by atoms with Crippen LogP contribution in [0.15, 0.2) is 49.6 Å². The summed E-state index contributed by atoms with van der Waals surface area (Å²) in [6.45, 7) is 17.1. The van der Waals surface area contributed by atoms with Crippen molar-refractivity contribution in [3.05, 3.63) is 49.6 Å². The lowest BCUT2D eigenvalue weighted by molar-refractivity contribution is -0.182. The predicted octanol–water partition coefficient (Wildman–Crippen LogP) is 3.45. The van der Waals surface area contributed by atoms with Crippen molar-refractivity contribution in [2.75, 3.05) is 33.0 Å². The third-order valence-electron chi connectivity index (χ3n) is 3.30. The molecule has 0 saturated carbocycles. The fourth-order valence-electron chi connectivity index (χ4n) is 1.69. The van der Waals surface area contributed by atoms with Crippen molar-refractivity contribution in [3.63, 3.8) is 0 Å². The minimum Gasteiger partial charge on any atom is -0.460 e. The van der Waals surface area contributed by atoms with Crippen LogP contribution in [0.25, 0.3) is 0 Å². The number of esters is 4. The summed E-state index contributed by atoms with van der Waals surface area (Å²) in [6, 6.07) is 0. The number of rotatable bonds is 10. The van der Waals surface area contributed by atoms with Gasteiger partial charge in [0.05, 0.1) is 13.2 Å². The van der Waals surface area contributed by atoms with Crippen LogP contribution in [0.5, 0.6) is 0 Å². The molecule has 0 radical (unpaired) electrons. The van der Waals surface area contributed by atoms with E-state index in [1.807, 2.05) is 0 Å². The Labute approximate surface area is 209 Å². The molecular formula is C25H42O10. The standard InChI is InChI=1S/C9H14O3.C8H10O4.C6H10O3.2CH4/c1-7(2)9(10)12-8-5-3-4-6-11-8;1-3-7(9)11-5-6-12-8(10)4-2;1-5(2)6(8)9-4-3-7;;/h8H,1,3-6H2,2H3;3-4H,1-2,5-6H2;7H,1,3-4H2,2H3;2*1H4. The van der Waals surface area contributed by atoms with Gasteiger partial charge in [-0.2, -0.15) is 0 Å². The Morgan fingerprint density at radius 3 is 1.69 bits per heavy atom. The summed E-state index contributed by atoms with van der Waals surface area (Å²) in [5.41, 5.74) is 0.771. The summed E-state index contributed by atoms with van der Waals surface area (Å²) in [5.74, 6) is -1.89. The van der Waals surface area contributed by atoms with Crippen LogP contribution in [-0.2, 0) is 42.9 Å². The Morgan fingerprint density at radius 1 is 0.857 bits per heavy atom. The summed E-state index contributed by atoms with van der Waals surface area (Å²) in [4.78, 5) is 42.3. The monoisotopic (exact) mass is 502 g/mol. The molecule has 1 saturated heterocycles. The summed E-state index contributed by atoms with van der Waals surface area (Å²) in [5, 5.41) is 8.19. The average Bonchev–Trinajstić information content (AvgIpc) is 2.81. The Bertz CT molecular complexity index is 654. The maximum Gasteiger partial charge on any atom is 0.335 e. The molecule has 10 heteroatoms. The molecule has 0 aromatic heterocycles. The summed E-state index contributed by atoms with van der Waals surface area (Å²) in [6.07, 6.45) is 4.65. The van der Waals surface area contributed by atoms with Gasteiger partial charge in [0.25, 0.3) is 0 Å². The lowest BCUT2D eigenvalue weighted by Gasteiger charge is -2.22. The van der Waals surface area contributed by atoms with Gasteiger partial charge >= 0.3 is 23.9 Å². The molecule has 1 aliphatic heterocycles. The topological polar surface area (TPSA) is 135 Å². The van der Waals surface area contributed by atoms with Crippen LogP contribution in [0.2, 0.25) is 0 Å². The number of ether oxygens (including phenoxy) is 5. The molecule has 1 fully saturated rings. The number of carbonyl (C=O) groups excluding carboxylic acids is 4. The average molecular weight is 503 g/mol. The van der Waals surface area contributed by atoms with Crippen LogP contribution in [0.1, 0.15) is 48.0 Å². The minimum atomic E-state index is -0.537. The van der Waals surface area contributed by atoms with Crippen LogP contribution in [0, 0.1) is 0 Å². The van der Waals surface area contributed by atoms with Crippen molar-refractivity contribution in [1.29, 1.82) is 0 Å². The molecular weight excluding hydrogens is 460 g/mol. The molecule has 1 heterocycles. The van der Waals surface area contributed by atoms with E-state index in [9.17, 15) is 19.2 Å². The Balaban J connectivity index is -0.000000203. The molecule has 1 N–H and O–H groups in total. The fourth-order valence-corrected chi connectivity index (χ4v) is 1.69. The van der Waals surface area contributed by atoms with Gasteiger partial charge in [-0.05, 0) is 26.7 Å². The Kier molecular flexibility index (Phi) is 28.3. The van der Waals surface area contributed by atoms with Gasteiger partial charge in [0.1, 0.15) is 19.8 Å². The van der Waals surface area contributed by atoms with E-state index in [0.29, 0.717) is 17.8 Å². The van der Waals surface area contributed by atoms with Crippen LogP contribution in [-0.4, -0.2) is 68.3 Å². The highest BCUT2D eigenvalue weighted by molar-refractivity contribution is 5.87. The molecule has 0 aromatic carbocycles. The number of hydrogen-bond donors (Lipinski definition) is 1. The van der Waals surface area contributed by atoms with Gasteiger partial charge in [-0.3, -0.25) is 0 Å². The Hall–Kier alpha value is -3.24. The molecule has 0 bridgehead atoms. The maximum absolute atomic E-state index is 11.0. The van der Waals surface area contributed by atoms with Gasteiger partial charge in [0, 0.05) is 29.7 Å². The second-order valence-electron chi connectivity index (χ2n) is 6.36. The van der Waals surface area contributed by atoms with Crippen molar-refractivity contribution in [3.8, 4) is 0 Å². The highest BCUT2D eigenvalue weighted by Gasteiger charge is 2.17. The molecule has 0 aliphatic carbocycles. The van der Waals surface area contributed by atoms with Gasteiger partial charge in [0.2, 0.25) is 6.29 Å². The zero-order chi connectivity index (χ0) is 25.6. The van der Waals surface area contributed by atoms with Gasteiger partial charge in [-0.25, -0.2) is 19.2 Å². The van der Waals surface area contributed by atoms with Gasteiger partial charge in [0.15, 0.2) is 0 Å². The predicted molar refractivity (Wildman–Crippen MR) is 133 cm³/mol. The number of aliphatic hydroxyl groups is 1. The van der Waals surface area contributed by atoms with Crippen LogP contribution >= 0.6 is 0 Å². The van der Waals surface area contributed by atoms with E-state index in [1.54, 1.807) is 13.8 Å². The number of hydrogen-bond acceptors (Lipinski definition) is 10. The first-order chi connectivity index (χ1) is 15.6. The Morgan fingerprint density at radius 2 is 1.34 bits per heavy atom. The van der Waals surface area contributed by atoms with E-state index in [1.165, 1.54) is 0 Å². The van der Waals surface area contributed by atoms with Crippen molar-refractivity contribution in [2.45, 2.75) is 54.3 Å². The van der Waals surface area contributed by atoms with Crippen molar-refractivity contribution >= 4 is 23.9 Å². The highest BCUT2D eigenvalue weighted by atomic mass is 16.7. The molecule has 0 spiro atoms. The van der Waals surface area contributed by atoms with E-state index < -0.39 is 17.9 Å². The summed E-state index contributed by atoms with van der Waals surface area (Å²) < 4.78 is 23.7. The largest absolute Gasteiger partial charge is 0.460 e. The van der Waals surface area contributed by atoms with Crippen LogP contribution < -0.4 is 0 Å². The molecule has 1 unspecified atom stereocenters. The molecule has 0 amide bonds. The van der Waals surface area contributed by atoms with Gasteiger partial charge < -0.3 is 28.8 Å². The third kappa shape index (κ3) is 25.2. The number of carbonyl (C=O) groups is 4. The summed E-state index contributed by atoms with van der Waals surface area (Å²) in [7, 11) is 0. The first-order valence-corrected chi connectivity index (χ1v) is 10.1. The lowest BCUT2D eigenvalue weighted by Crippen LogP contribution is -2.25. The highest BCUT2D eigenvalue weighted by Crippen LogP contribution is 2.14. The van der Waals surface area contributed by atoms with Gasteiger partial charge in [-0.1, -0.05) is 41.2 Å². The molecule has 1 rings (SSSR count). The minimum absolute atomic E-state index is 0. The first kappa shape index (κ1) is 39.0. The van der Waals surface area contributed by atoms with E-state index in [0.717, 1.165) is 31.4 Å². The third-order valence-corrected chi connectivity index (χ3v) is 3.30. The van der Waals surface area contributed by atoms with E-state index in [4.69, 9.17) is 14.6 Å². The first-order valence-electron chi connectivity index (χ1n) is 10.1. The van der Waals surface area contributed by atoms with Crippen LogP contribution in [0.3, 0.4) is 0 Å². The molecule has 1 aliphatic rings. The molecule has 1 atom stereocenters. The lowest BCUT2D eigenvalue weighted by atomic mass is 10.2. The van der Waals surface area contributed by atoms with E-state index >= 15 is 0 Å². The second-order valence-corrected chi connectivity index (χ2v) is 6.36. The van der Waals surface area contributed by atoms with E-state index in [2.05, 4.69) is 40.5 Å². The fraction of sp³-hybridized carbons (Fsp3) is 0.520. The van der Waals surface area contributed by atoms with Crippen molar-refractivity contribution < 1.29 is 48.0 Å². The van der Waals surface area contributed by atoms with Crippen molar-refractivity contribution in [1.82, 2.24) is 0 Å². The van der Waals surface area contributed by atoms with Crippen molar-refractivity contribution in [2.24, 2.45) is 0 Å². The quantitative estimate of drug-likeness (QED) is 0.205. The second kappa shape index (κ2) is 25.4. The SMILES string of the molecule is C.C.C=C(C)C(=O)OC1CCCCO1.C=C(C)C(=O)OCCO.C=CC(=O)OCCOC(=O)C=C. The number of aliphatic hydroxyl groups excluding tert-OH is 1. The molecule has 10 nitrogen and oxygen atoms in total. The molecule has 35 heavy (non-hydrogen) atoms. The normalized spacial score (nSPS) is 13.1. The summed E-state index contributed by atoms with van der Waals surface area (Å²) >= 11 is 0. The van der Waals surface area contributed by atoms with E-state index in [-0.39, 0.29) is 53.5 Å².